The van der Waals surface area contributed by atoms with E-state index in [1.54, 1.807) is 0 Å². The second-order valence-corrected chi connectivity index (χ2v) is 5.16. The SMILES string of the molecule is CC(C)NC(CO)CN1CCCN(C)CC1. The molecule has 16 heavy (non-hydrogen) atoms. The summed E-state index contributed by atoms with van der Waals surface area (Å²) >= 11 is 0. The van der Waals surface area contributed by atoms with Crippen molar-refractivity contribution >= 4 is 0 Å². The molecule has 1 atom stereocenters. The molecule has 1 heterocycles. The maximum Gasteiger partial charge on any atom is 0.0597 e. The van der Waals surface area contributed by atoms with Gasteiger partial charge in [-0.05, 0) is 26.6 Å². The third-order valence-corrected chi connectivity index (χ3v) is 3.08. The molecule has 1 aliphatic heterocycles. The highest BCUT2D eigenvalue weighted by Crippen LogP contribution is 2.02. The summed E-state index contributed by atoms with van der Waals surface area (Å²) < 4.78 is 0. The van der Waals surface area contributed by atoms with Crippen LogP contribution in [0.3, 0.4) is 0 Å². The third-order valence-electron chi connectivity index (χ3n) is 3.08. The molecule has 0 aromatic carbocycles. The van der Waals surface area contributed by atoms with Crippen LogP contribution in [0.1, 0.15) is 20.3 Å². The number of likely N-dealkylation sites (N-methyl/N-ethyl adjacent to an activating group) is 1. The van der Waals surface area contributed by atoms with E-state index in [9.17, 15) is 5.11 Å². The van der Waals surface area contributed by atoms with Crippen molar-refractivity contribution in [3.8, 4) is 0 Å². The molecule has 0 radical (unpaired) electrons. The van der Waals surface area contributed by atoms with Crippen LogP contribution in [0.15, 0.2) is 0 Å². The fraction of sp³-hybridized carbons (Fsp3) is 1.00. The van der Waals surface area contributed by atoms with Crippen molar-refractivity contribution in [2.24, 2.45) is 0 Å². The Labute approximate surface area is 99.6 Å². The Balaban J connectivity index is 2.32. The molecule has 0 bridgehead atoms. The van der Waals surface area contributed by atoms with Gasteiger partial charge in [0.25, 0.3) is 0 Å². The van der Waals surface area contributed by atoms with Crippen molar-refractivity contribution in [1.82, 2.24) is 15.1 Å². The largest absolute Gasteiger partial charge is 0.395 e. The average Bonchev–Trinajstić information content (AvgIpc) is 2.42. The van der Waals surface area contributed by atoms with Gasteiger partial charge < -0.3 is 20.2 Å². The van der Waals surface area contributed by atoms with Crippen molar-refractivity contribution in [2.75, 3.05) is 46.4 Å². The Morgan fingerprint density at radius 1 is 1.19 bits per heavy atom. The van der Waals surface area contributed by atoms with Crippen molar-refractivity contribution in [3.05, 3.63) is 0 Å². The number of aliphatic hydroxyl groups is 1. The summed E-state index contributed by atoms with van der Waals surface area (Å²) in [6.45, 7) is 10.0. The van der Waals surface area contributed by atoms with Crippen molar-refractivity contribution in [2.45, 2.75) is 32.4 Å². The molecule has 4 nitrogen and oxygen atoms in total. The maximum atomic E-state index is 9.33. The summed E-state index contributed by atoms with van der Waals surface area (Å²) in [6, 6.07) is 0.648. The Morgan fingerprint density at radius 3 is 2.56 bits per heavy atom. The standard InChI is InChI=1S/C12H27N3O/c1-11(2)13-12(10-16)9-15-6-4-5-14(3)7-8-15/h11-13,16H,4-10H2,1-3H3. The summed E-state index contributed by atoms with van der Waals surface area (Å²) in [5.41, 5.74) is 0. The zero-order valence-electron chi connectivity index (χ0n) is 10.9. The predicted octanol–water partition coefficient (Wildman–Crippen LogP) is -0.0172. The van der Waals surface area contributed by atoms with E-state index < -0.39 is 0 Å². The van der Waals surface area contributed by atoms with Crippen molar-refractivity contribution in [1.29, 1.82) is 0 Å². The van der Waals surface area contributed by atoms with E-state index in [1.165, 1.54) is 13.0 Å². The topological polar surface area (TPSA) is 38.7 Å². The lowest BCUT2D eigenvalue weighted by Crippen LogP contribution is -2.46. The Bertz CT molecular complexity index is 187. The van der Waals surface area contributed by atoms with Crippen LogP contribution in [0, 0.1) is 0 Å². The van der Waals surface area contributed by atoms with E-state index >= 15 is 0 Å². The maximum absolute atomic E-state index is 9.33. The molecule has 1 aliphatic rings. The monoisotopic (exact) mass is 229 g/mol. The first-order chi connectivity index (χ1) is 7.61. The molecule has 1 rings (SSSR count). The van der Waals surface area contributed by atoms with E-state index in [4.69, 9.17) is 0 Å². The number of hydrogen-bond acceptors (Lipinski definition) is 4. The van der Waals surface area contributed by atoms with E-state index in [0.29, 0.717) is 6.04 Å². The Hall–Kier alpha value is -0.160. The zero-order chi connectivity index (χ0) is 12.0. The molecule has 2 N–H and O–H groups in total. The Kier molecular flexibility index (Phi) is 6.28. The minimum atomic E-state index is 0.211. The van der Waals surface area contributed by atoms with Crippen molar-refractivity contribution < 1.29 is 5.11 Å². The van der Waals surface area contributed by atoms with Gasteiger partial charge in [0.2, 0.25) is 0 Å². The fourth-order valence-electron chi connectivity index (χ4n) is 2.23. The molecule has 0 aliphatic carbocycles. The number of hydrogen-bond donors (Lipinski definition) is 2. The van der Waals surface area contributed by atoms with Crippen molar-refractivity contribution in [3.63, 3.8) is 0 Å². The normalized spacial score (nSPS) is 22.3. The number of rotatable bonds is 5. The van der Waals surface area contributed by atoms with Crippen LogP contribution in [0.4, 0.5) is 0 Å². The lowest BCUT2D eigenvalue weighted by atomic mass is 10.2. The molecule has 0 aromatic rings. The van der Waals surface area contributed by atoms with Gasteiger partial charge in [-0.15, -0.1) is 0 Å². The molecular weight excluding hydrogens is 202 g/mol. The fourth-order valence-corrected chi connectivity index (χ4v) is 2.23. The third kappa shape index (κ3) is 5.25. The summed E-state index contributed by atoms with van der Waals surface area (Å²) in [5, 5.41) is 12.7. The van der Waals surface area contributed by atoms with Crippen LogP contribution in [-0.2, 0) is 0 Å². The van der Waals surface area contributed by atoms with E-state index in [-0.39, 0.29) is 12.6 Å². The highest BCUT2D eigenvalue weighted by molar-refractivity contribution is 4.75. The lowest BCUT2D eigenvalue weighted by Gasteiger charge is -2.27. The molecule has 1 saturated heterocycles. The highest BCUT2D eigenvalue weighted by Gasteiger charge is 2.16. The predicted molar refractivity (Wildman–Crippen MR) is 67.7 cm³/mol. The first-order valence-electron chi connectivity index (χ1n) is 6.39. The zero-order valence-corrected chi connectivity index (χ0v) is 10.9. The molecular formula is C12H27N3O. The van der Waals surface area contributed by atoms with E-state index in [1.807, 2.05) is 0 Å². The van der Waals surface area contributed by atoms with Gasteiger partial charge in [0.05, 0.1) is 6.61 Å². The second kappa shape index (κ2) is 7.22. The van der Waals surface area contributed by atoms with Crippen LogP contribution in [-0.4, -0.2) is 73.4 Å². The van der Waals surface area contributed by atoms with Crippen LogP contribution < -0.4 is 5.32 Å². The lowest BCUT2D eigenvalue weighted by molar-refractivity contribution is 0.178. The summed E-state index contributed by atoms with van der Waals surface area (Å²) in [7, 11) is 2.18. The Morgan fingerprint density at radius 2 is 1.94 bits per heavy atom. The number of aliphatic hydroxyl groups excluding tert-OH is 1. The smallest absolute Gasteiger partial charge is 0.0597 e. The molecule has 4 heteroatoms. The summed E-state index contributed by atoms with van der Waals surface area (Å²) in [5.74, 6) is 0. The van der Waals surface area contributed by atoms with Gasteiger partial charge in [-0.1, -0.05) is 13.8 Å². The molecule has 1 unspecified atom stereocenters. The molecule has 0 saturated carbocycles. The second-order valence-electron chi connectivity index (χ2n) is 5.16. The van der Waals surface area contributed by atoms with Crippen LogP contribution in [0.5, 0.6) is 0 Å². The molecule has 1 fully saturated rings. The van der Waals surface area contributed by atoms with Crippen LogP contribution in [0.25, 0.3) is 0 Å². The van der Waals surface area contributed by atoms with E-state index in [2.05, 4.69) is 36.0 Å². The van der Waals surface area contributed by atoms with E-state index in [0.717, 1.165) is 26.2 Å². The van der Waals surface area contributed by atoms with Crippen LogP contribution in [0.2, 0.25) is 0 Å². The number of nitrogens with zero attached hydrogens (tertiary/aromatic N) is 2. The van der Waals surface area contributed by atoms with Crippen LogP contribution >= 0.6 is 0 Å². The first kappa shape index (κ1) is 13.9. The molecule has 96 valence electrons. The van der Waals surface area contributed by atoms with Gasteiger partial charge in [0.1, 0.15) is 0 Å². The molecule has 0 amide bonds. The summed E-state index contributed by atoms with van der Waals surface area (Å²) in [4.78, 5) is 4.84. The van der Waals surface area contributed by atoms with Gasteiger partial charge in [0, 0.05) is 31.7 Å². The minimum Gasteiger partial charge on any atom is -0.395 e. The van der Waals surface area contributed by atoms with Gasteiger partial charge in [-0.25, -0.2) is 0 Å². The summed E-state index contributed by atoms with van der Waals surface area (Å²) in [6.07, 6.45) is 1.23. The molecule has 0 aromatic heterocycles. The number of nitrogens with one attached hydrogen (secondary N) is 1. The van der Waals surface area contributed by atoms with Gasteiger partial charge in [-0.2, -0.15) is 0 Å². The average molecular weight is 229 g/mol. The minimum absolute atomic E-state index is 0.211. The van der Waals surface area contributed by atoms with Gasteiger partial charge in [0.15, 0.2) is 0 Å². The molecule has 0 spiro atoms. The van der Waals surface area contributed by atoms with Gasteiger partial charge in [-0.3, -0.25) is 0 Å². The quantitative estimate of drug-likeness (QED) is 0.695. The highest BCUT2D eigenvalue weighted by atomic mass is 16.3. The van der Waals surface area contributed by atoms with Gasteiger partial charge >= 0.3 is 0 Å². The first-order valence-corrected chi connectivity index (χ1v) is 6.39.